The number of carbonyl (C=O) groups excluding carboxylic acids is 2. The van der Waals surface area contributed by atoms with Crippen molar-refractivity contribution in [3.63, 3.8) is 0 Å². The molecule has 0 aliphatic heterocycles. The standard InChI is InChI=1S/C21H25NO5/c1-15-5-7-16(8-6-15)14-22(10-9-20(23)27-4)21(24)17-11-18(25-2)13-19(12-17)26-3/h5-8,11-13H,9-10,14H2,1-4H3. The number of hydrogen-bond donors (Lipinski definition) is 0. The fraction of sp³-hybridized carbons (Fsp3) is 0.333. The molecule has 0 saturated carbocycles. The van der Waals surface area contributed by atoms with E-state index in [0.29, 0.717) is 23.6 Å². The molecule has 2 aromatic rings. The Morgan fingerprint density at radius 1 is 0.926 bits per heavy atom. The first kappa shape index (κ1) is 20.3. The minimum absolute atomic E-state index is 0.120. The largest absolute Gasteiger partial charge is 0.497 e. The molecule has 0 spiro atoms. The fourth-order valence-corrected chi connectivity index (χ4v) is 2.61. The lowest BCUT2D eigenvalue weighted by Gasteiger charge is -2.23. The second kappa shape index (κ2) is 9.62. The quantitative estimate of drug-likeness (QED) is 0.667. The molecule has 0 unspecified atom stereocenters. The van der Waals surface area contributed by atoms with Crippen molar-refractivity contribution in [3.8, 4) is 11.5 Å². The number of esters is 1. The molecule has 0 N–H and O–H groups in total. The molecule has 0 aromatic heterocycles. The Bertz CT molecular complexity index is 763. The van der Waals surface area contributed by atoms with Gasteiger partial charge in [-0.05, 0) is 24.6 Å². The lowest BCUT2D eigenvalue weighted by molar-refractivity contribution is -0.140. The number of ether oxygens (including phenoxy) is 3. The Morgan fingerprint density at radius 2 is 1.52 bits per heavy atom. The highest BCUT2D eigenvalue weighted by molar-refractivity contribution is 5.95. The number of nitrogens with zero attached hydrogens (tertiary/aromatic N) is 1. The van der Waals surface area contributed by atoms with E-state index in [1.165, 1.54) is 21.3 Å². The van der Waals surface area contributed by atoms with Crippen LogP contribution >= 0.6 is 0 Å². The summed E-state index contributed by atoms with van der Waals surface area (Å²) in [4.78, 5) is 26.3. The van der Waals surface area contributed by atoms with Gasteiger partial charge in [0.15, 0.2) is 0 Å². The van der Waals surface area contributed by atoms with Crippen LogP contribution < -0.4 is 9.47 Å². The maximum atomic E-state index is 13.1. The highest BCUT2D eigenvalue weighted by Crippen LogP contribution is 2.24. The third-order valence-corrected chi connectivity index (χ3v) is 4.19. The molecule has 1 amide bonds. The van der Waals surface area contributed by atoms with Gasteiger partial charge < -0.3 is 19.1 Å². The highest BCUT2D eigenvalue weighted by Gasteiger charge is 2.19. The van der Waals surface area contributed by atoms with Gasteiger partial charge in [0.1, 0.15) is 11.5 Å². The van der Waals surface area contributed by atoms with E-state index in [1.807, 2.05) is 31.2 Å². The molecule has 6 heteroatoms. The molecule has 0 aliphatic carbocycles. The van der Waals surface area contributed by atoms with Gasteiger partial charge in [0.2, 0.25) is 0 Å². The predicted octanol–water partition coefficient (Wildman–Crippen LogP) is 3.22. The van der Waals surface area contributed by atoms with Gasteiger partial charge in [0.05, 0.1) is 27.8 Å². The van der Waals surface area contributed by atoms with Crippen molar-refractivity contribution in [1.82, 2.24) is 4.90 Å². The van der Waals surface area contributed by atoms with Gasteiger partial charge in [-0.3, -0.25) is 9.59 Å². The Balaban J connectivity index is 2.28. The molecule has 0 radical (unpaired) electrons. The number of rotatable bonds is 8. The molecule has 0 heterocycles. The second-order valence-electron chi connectivity index (χ2n) is 6.14. The van der Waals surface area contributed by atoms with Crippen molar-refractivity contribution in [3.05, 3.63) is 59.2 Å². The number of methoxy groups -OCH3 is 3. The van der Waals surface area contributed by atoms with Gasteiger partial charge in [0, 0.05) is 24.7 Å². The molecule has 0 saturated heterocycles. The molecule has 27 heavy (non-hydrogen) atoms. The third kappa shape index (κ3) is 5.74. The van der Waals surface area contributed by atoms with E-state index in [0.717, 1.165) is 11.1 Å². The molecular formula is C21H25NO5. The minimum Gasteiger partial charge on any atom is -0.497 e. The summed E-state index contributed by atoms with van der Waals surface area (Å²) in [6.45, 7) is 2.64. The third-order valence-electron chi connectivity index (χ3n) is 4.19. The summed E-state index contributed by atoms with van der Waals surface area (Å²) in [5.74, 6) is 0.485. The van der Waals surface area contributed by atoms with Crippen LogP contribution in [0.4, 0.5) is 0 Å². The lowest BCUT2D eigenvalue weighted by Crippen LogP contribution is -2.32. The SMILES string of the molecule is COC(=O)CCN(Cc1ccc(C)cc1)C(=O)c1cc(OC)cc(OC)c1. The first-order valence-electron chi connectivity index (χ1n) is 8.61. The highest BCUT2D eigenvalue weighted by atomic mass is 16.5. The van der Waals surface area contributed by atoms with Crippen LogP contribution in [0.5, 0.6) is 11.5 Å². The van der Waals surface area contributed by atoms with Crippen LogP contribution in [-0.4, -0.2) is 44.7 Å². The average Bonchev–Trinajstić information content (AvgIpc) is 2.71. The van der Waals surface area contributed by atoms with E-state index in [9.17, 15) is 9.59 Å². The van der Waals surface area contributed by atoms with Crippen molar-refractivity contribution in [1.29, 1.82) is 0 Å². The molecule has 0 bridgehead atoms. The summed E-state index contributed by atoms with van der Waals surface area (Å²) >= 11 is 0. The first-order chi connectivity index (χ1) is 13.0. The summed E-state index contributed by atoms with van der Waals surface area (Å²) in [5.41, 5.74) is 2.56. The van der Waals surface area contributed by atoms with Crippen LogP contribution in [0.1, 0.15) is 27.9 Å². The number of amides is 1. The van der Waals surface area contributed by atoms with E-state index in [4.69, 9.17) is 14.2 Å². The smallest absolute Gasteiger partial charge is 0.307 e. The van der Waals surface area contributed by atoms with Crippen molar-refractivity contribution >= 4 is 11.9 Å². The fourth-order valence-electron chi connectivity index (χ4n) is 2.61. The van der Waals surface area contributed by atoms with E-state index in [-0.39, 0.29) is 24.8 Å². The zero-order chi connectivity index (χ0) is 19.8. The first-order valence-corrected chi connectivity index (χ1v) is 8.61. The van der Waals surface area contributed by atoms with Crippen LogP contribution in [-0.2, 0) is 16.1 Å². The lowest BCUT2D eigenvalue weighted by atomic mass is 10.1. The van der Waals surface area contributed by atoms with Crippen LogP contribution in [0.25, 0.3) is 0 Å². The van der Waals surface area contributed by atoms with Gasteiger partial charge in [-0.2, -0.15) is 0 Å². The normalized spacial score (nSPS) is 10.2. The molecule has 2 rings (SSSR count). The van der Waals surface area contributed by atoms with E-state index in [2.05, 4.69) is 0 Å². The van der Waals surface area contributed by atoms with Gasteiger partial charge in [-0.25, -0.2) is 0 Å². The monoisotopic (exact) mass is 371 g/mol. The van der Waals surface area contributed by atoms with Gasteiger partial charge in [-0.15, -0.1) is 0 Å². The van der Waals surface area contributed by atoms with E-state index >= 15 is 0 Å². The Labute approximate surface area is 159 Å². The van der Waals surface area contributed by atoms with Crippen molar-refractivity contribution in [2.75, 3.05) is 27.9 Å². The van der Waals surface area contributed by atoms with E-state index in [1.54, 1.807) is 23.1 Å². The van der Waals surface area contributed by atoms with Crippen LogP contribution in [0, 0.1) is 6.92 Å². The Morgan fingerprint density at radius 3 is 2.04 bits per heavy atom. The number of hydrogen-bond acceptors (Lipinski definition) is 5. The topological polar surface area (TPSA) is 65.1 Å². The molecule has 0 fully saturated rings. The van der Waals surface area contributed by atoms with Crippen LogP contribution in [0.2, 0.25) is 0 Å². The maximum absolute atomic E-state index is 13.1. The second-order valence-corrected chi connectivity index (χ2v) is 6.14. The van der Waals surface area contributed by atoms with Crippen LogP contribution in [0.3, 0.4) is 0 Å². The number of carbonyl (C=O) groups is 2. The molecule has 2 aromatic carbocycles. The van der Waals surface area contributed by atoms with Gasteiger partial charge >= 0.3 is 5.97 Å². The number of benzene rings is 2. The molecular weight excluding hydrogens is 346 g/mol. The predicted molar refractivity (Wildman–Crippen MR) is 102 cm³/mol. The van der Waals surface area contributed by atoms with Crippen molar-refractivity contribution in [2.24, 2.45) is 0 Å². The summed E-state index contributed by atoms with van der Waals surface area (Å²) in [6, 6.07) is 12.9. The average molecular weight is 371 g/mol. The summed E-state index contributed by atoms with van der Waals surface area (Å²) in [7, 11) is 4.40. The summed E-state index contributed by atoms with van der Waals surface area (Å²) in [6.07, 6.45) is 0.120. The molecule has 6 nitrogen and oxygen atoms in total. The zero-order valence-electron chi connectivity index (χ0n) is 16.2. The van der Waals surface area contributed by atoms with Gasteiger partial charge in [0.25, 0.3) is 5.91 Å². The Hall–Kier alpha value is -3.02. The minimum atomic E-state index is -0.361. The van der Waals surface area contributed by atoms with Crippen molar-refractivity contribution < 1.29 is 23.8 Å². The van der Waals surface area contributed by atoms with Crippen LogP contribution in [0.15, 0.2) is 42.5 Å². The molecule has 0 atom stereocenters. The molecule has 0 aliphatic rings. The van der Waals surface area contributed by atoms with E-state index < -0.39 is 0 Å². The zero-order valence-corrected chi connectivity index (χ0v) is 16.2. The summed E-state index contributed by atoms with van der Waals surface area (Å²) < 4.78 is 15.2. The van der Waals surface area contributed by atoms with Crippen molar-refractivity contribution in [2.45, 2.75) is 19.9 Å². The Kier molecular flexibility index (Phi) is 7.23. The number of aryl methyl sites for hydroxylation is 1. The van der Waals surface area contributed by atoms with Gasteiger partial charge in [-0.1, -0.05) is 29.8 Å². The molecule has 144 valence electrons. The summed E-state index contributed by atoms with van der Waals surface area (Å²) in [5, 5.41) is 0. The maximum Gasteiger partial charge on any atom is 0.307 e.